The Morgan fingerprint density at radius 1 is 1.12 bits per heavy atom. The standard InChI is InChI=1S/C20H24N2O3S/c1-3-12-25-19-10-4-16(5-11-19)13-21-22-20(23)15-26-14-17-6-8-18(24-2)9-7-17/h4-11,13H,3,12,14-15H2,1-2H3,(H,22,23)/b21-13-. The number of amides is 1. The fourth-order valence-electron chi connectivity index (χ4n) is 2.06. The fourth-order valence-corrected chi connectivity index (χ4v) is 2.84. The number of ether oxygens (including phenoxy) is 2. The molecule has 26 heavy (non-hydrogen) atoms. The smallest absolute Gasteiger partial charge is 0.250 e. The maximum absolute atomic E-state index is 11.8. The SMILES string of the molecule is CCCOc1ccc(/C=N\NC(=O)CSCc2ccc(OC)cc2)cc1. The van der Waals surface area contributed by atoms with Crippen LogP contribution in [-0.2, 0) is 10.5 Å². The Hall–Kier alpha value is -2.47. The molecule has 2 rings (SSSR count). The zero-order chi connectivity index (χ0) is 18.6. The minimum Gasteiger partial charge on any atom is -0.497 e. The topological polar surface area (TPSA) is 59.9 Å². The average Bonchev–Trinajstić information content (AvgIpc) is 2.68. The van der Waals surface area contributed by atoms with Crippen LogP contribution < -0.4 is 14.9 Å². The first kappa shape index (κ1) is 19.8. The van der Waals surface area contributed by atoms with Crippen LogP contribution in [0, 0.1) is 0 Å². The lowest BCUT2D eigenvalue weighted by Gasteiger charge is -2.04. The van der Waals surface area contributed by atoms with Crippen molar-refractivity contribution in [3.8, 4) is 11.5 Å². The van der Waals surface area contributed by atoms with Gasteiger partial charge in [0.2, 0.25) is 5.91 Å². The number of nitrogens with zero attached hydrogens (tertiary/aromatic N) is 1. The Bertz CT molecular complexity index is 700. The highest BCUT2D eigenvalue weighted by molar-refractivity contribution is 7.99. The van der Waals surface area contributed by atoms with E-state index in [1.165, 1.54) is 0 Å². The van der Waals surface area contributed by atoms with Gasteiger partial charge in [-0.2, -0.15) is 5.10 Å². The Labute approximate surface area is 158 Å². The van der Waals surface area contributed by atoms with Crippen LogP contribution >= 0.6 is 11.8 Å². The summed E-state index contributed by atoms with van der Waals surface area (Å²) in [4.78, 5) is 11.8. The molecule has 0 saturated heterocycles. The predicted molar refractivity (Wildman–Crippen MR) is 107 cm³/mol. The lowest BCUT2D eigenvalue weighted by Crippen LogP contribution is -2.19. The van der Waals surface area contributed by atoms with Crippen LogP contribution in [0.4, 0.5) is 0 Å². The Balaban J connectivity index is 1.68. The zero-order valence-corrected chi connectivity index (χ0v) is 15.9. The van der Waals surface area contributed by atoms with Gasteiger partial charge in [-0.3, -0.25) is 4.79 Å². The number of hydrazone groups is 1. The van der Waals surface area contributed by atoms with E-state index >= 15 is 0 Å². The highest BCUT2D eigenvalue weighted by atomic mass is 32.2. The second-order valence-corrected chi connectivity index (χ2v) is 6.54. The molecule has 0 spiro atoms. The summed E-state index contributed by atoms with van der Waals surface area (Å²) in [5.41, 5.74) is 4.60. The molecule has 0 aliphatic carbocycles. The summed E-state index contributed by atoms with van der Waals surface area (Å²) in [6, 6.07) is 15.4. The third kappa shape index (κ3) is 7.19. The molecule has 138 valence electrons. The number of carbonyl (C=O) groups is 1. The molecule has 6 heteroatoms. The quantitative estimate of drug-likeness (QED) is 0.508. The second kappa shape index (κ2) is 11.2. The van der Waals surface area contributed by atoms with E-state index in [4.69, 9.17) is 9.47 Å². The van der Waals surface area contributed by atoms with Crippen molar-refractivity contribution in [3.63, 3.8) is 0 Å². The van der Waals surface area contributed by atoms with Crippen LogP contribution in [0.2, 0.25) is 0 Å². The van der Waals surface area contributed by atoms with E-state index in [9.17, 15) is 4.79 Å². The number of hydrogen-bond donors (Lipinski definition) is 1. The van der Waals surface area contributed by atoms with E-state index in [1.54, 1.807) is 25.1 Å². The molecule has 0 heterocycles. The molecule has 1 amide bonds. The summed E-state index contributed by atoms with van der Waals surface area (Å²) >= 11 is 1.54. The third-order valence-electron chi connectivity index (χ3n) is 3.42. The molecular formula is C20H24N2O3S. The fraction of sp³-hybridized carbons (Fsp3) is 0.300. The lowest BCUT2D eigenvalue weighted by molar-refractivity contribution is -0.118. The number of rotatable bonds is 10. The first-order valence-electron chi connectivity index (χ1n) is 8.46. The van der Waals surface area contributed by atoms with Gasteiger partial charge in [0.05, 0.1) is 25.7 Å². The van der Waals surface area contributed by atoms with Crippen LogP contribution in [0.25, 0.3) is 0 Å². The number of carbonyl (C=O) groups excluding carboxylic acids is 1. The largest absolute Gasteiger partial charge is 0.497 e. The molecule has 2 aromatic rings. The van der Waals surface area contributed by atoms with Gasteiger partial charge in [0, 0.05) is 5.75 Å². The zero-order valence-electron chi connectivity index (χ0n) is 15.1. The molecule has 0 bridgehead atoms. The van der Waals surface area contributed by atoms with Crippen LogP contribution in [0.1, 0.15) is 24.5 Å². The Kier molecular flexibility index (Phi) is 8.55. The van der Waals surface area contributed by atoms with E-state index in [2.05, 4.69) is 17.5 Å². The van der Waals surface area contributed by atoms with Gasteiger partial charge < -0.3 is 9.47 Å². The van der Waals surface area contributed by atoms with E-state index in [-0.39, 0.29) is 5.91 Å². The maximum Gasteiger partial charge on any atom is 0.250 e. The van der Waals surface area contributed by atoms with Crippen LogP contribution in [-0.4, -0.2) is 31.6 Å². The highest BCUT2D eigenvalue weighted by Crippen LogP contribution is 2.16. The van der Waals surface area contributed by atoms with Crippen LogP contribution in [0.3, 0.4) is 0 Å². The highest BCUT2D eigenvalue weighted by Gasteiger charge is 2.01. The normalized spacial score (nSPS) is 10.7. The first-order valence-corrected chi connectivity index (χ1v) is 9.62. The predicted octanol–water partition coefficient (Wildman–Crippen LogP) is 3.87. The van der Waals surface area contributed by atoms with Gasteiger partial charge in [0.15, 0.2) is 0 Å². The number of benzene rings is 2. The van der Waals surface area contributed by atoms with Gasteiger partial charge in [0.25, 0.3) is 0 Å². The van der Waals surface area contributed by atoms with Gasteiger partial charge in [-0.15, -0.1) is 11.8 Å². The van der Waals surface area contributed by atoms with Crippen molar-refractivity contribution in [2.45, 2.75) is 19.1 Å². The summed E-state index contributed by atoms with van der Waals surface area (Å²) in [6.07, 6.45) is 2.60. The molecule has 0 saturated carbocycles. The number of nitrogens with one attached hydrogen (secondary N) is 1. The van der Waals surface area contributed by atoms with Gasteiger partial charge in [-0.05, 0) is 53.9 Å². The molecule has 5 nitrogen and oxygen atoms in total. The molecule has 0 aliphatic rings. The molecule has 2 aromatic carbocycles. The van der Waals surface area contributed by atoms with Crippen molar-refractivity contribution < 1.29 is 14.3 Å². The Morgan fingerprint density at radius 2 is 1.81 bits per heavy atom. The third-order valence-corrected chi connectivity index (χ3v) is 4.42. The van der Waals surface area contributed by atoms with E-state index in [1.807, 2.05) is 48.5 Å². The molecule has 0 aliphatic heterocycles. The monoisotopic (exact) mass is 372 g/mol. The number of thioether (sulfide) groups is 1. The van der Waals surface area contributed by atoms with Crippen molar-refractivity contribution in [1.82, 2.24) is 5.43 Å². The van der Waals surface area contributed by atoms with Gasteiger partial charge in [-0.1, -0.05) is 19.1 Å². The average molecular weight is 372 g/mol. The van der Waals surface area contributed by atoms with Crippen molar-refractivity contribution in [2.75, 3.05) is 19.5 Å². The van der Waals surface area contributed by atoms with Gasteiger partial charge >= 0.3 is 0 Å². The summed E-state index contributed by atoms with van der Waals surface area (Å²) in [7, 11) is 1.64. The molecule has 0 fully saturated rings. The van der Waals surface area contributed by atoms with Crippen LogP contribution in [0.5, 0.6) is 11.5 Å². The number of methoxy groups -OCH3 is 1. The van der Waals surface area contributed by atoms with Gasteiger partial charge in [-0.25, -0.2) is 5.43 Å². The van der Waals surface area contributed by atoms with E-state index in [0.717, 1.165) is 34.8 Å². The molecule has 1 N–H and O–H groups in total. The summed E-state index contributed by atoms with van der Waals surface area (Å²) in [6.45, 7) is 2.77. The molecular weight excluding hydrogens is 348 g/mol. The van der Waals surface area contributed by atoms with Crippen molar-refractivity contribution in [3.05, 3.63) is 59.7 Å². The molecule has 0 aromatic heterocycles. The summed E-state index contributed by atoms with van der Waals surface area (Å²) < 4.78 is 10.6. The van der Waals surface area contributed by atoms with Crippen molar-refractivity contribution in [1.29, 1.82) is 0 Å². The minimum absolute atomic E-state index is 0.123. The van der Waals surface area contributed by atoms with E-state index in [0.29, 0.717) is 12.4 Å². The first-order chi connectivity index (χ1) is 12.7. The molecule has 0 radical (unpaired) electrons. The van der Waals surface area contributed by atoms with Crippen LogP contribution in [0.15, 0.2) is 53.6 Å². The second-order valence-electron chi connectivity index (χ2n) is 5.55. The van der Waals surface area contributed by atoms with E-state index < -0.39 is 0 Å². The molecule has 0 unspecified atom stereocenters. The maximum atomic E-state index is 11.8. The minimum atomic E-state index is -0.123. The van der Waals surface area contributed by atoms with Crippen molar-refractivity contribution in [2.24, 2.45) is 5.10 Å². The number of hydrogen-bond acceptors (Lipinski definition) is 5. The lowest BCUT2D eigenvalue weighted by atomic mass is 10.2. The summed E-state index contributed by atoms with van der Waals surface area (Å²) in [5.74, 6) is 2.66. The summed E-state index contributed by atoms with van der Waals surface area (Å²) in [5, 5.41) is 3.99. The molecule has 0 atom stereocenters. The van der Waals surface area contributed by atoms with Crippen molar-refractivity contribution >= 4 is 23.9 Å². The Morgan fingerprint density at radius 3 is 2.46 bits per heavy atom. The van der Waals surface area contributed by atoms with Gasteiger partial charge in [0.1, 0.15) is 11.5 Å².